The molecule has 0 aliphatic heterocycles. The van der Waals surface area contributed by atoms with E-state index in [4.69, 9.17) is 0 Å². The van der Waals surface area contributed by atoms with Crippen LogP contribution in [0.25, 0.3) is 110 Å². The molecule has 0 unspecified atom stereocenters. The number of hydrogen-bond acceptors (Lipinski definition) is 1. The van der Waals surface area contributed by atoms with Gasteiger partial charge in [0.1, 0.15) is 0 Å². The lowest BCUT2D eigenvalue weighted by Gasteiger charge is -2.12. The Balaban J connectivity index is 1.08. The predicted octanol–water partition coefficient (Wildman–Crippen LogP) is 12.9. The van der Waals surface area contributed by atoms with E-state index >= 15 is 0 Å². The molecule has 1 aliphatic rings. The van der Waals surface area contributed by atoms with Gasteiger partial charge < -0.3 is 9.13 Å². The van der Waals surface area contributed by atoms with E-state index in [0.29, 0.717) is 0 Å². The number of pyridine rings is 1. The standard InChI is InChI=1S/C49H29N3/c1-2-11-34(12-3-1)52-47-23-20-32(26-42(47)40-21-18-30-10-4-5-13-36(30)49(40)52)31-19-22-46-41(25-31)39-16-8-9-17-45(39)51(46)35-24-33-28-50-29-44-38-15-7-6-14-37(38)43(27-35)48(33)44/h1-29H. The molecule has 0 fully saturated rings. The first-order valence-corrected chi connectivity index (χ1v) is 17.9. The van der Waals surface area contributed by atoms with Crippen LogP contribution in [0.15, 0.2) is 176 Å². The molecule has 240 valence electrons. The molecule has 0 spiro atoms. The fourth-order valence-electron chi connectivity index (χ4n) is 9.04. The summed E-state index contributed by atoms with van der Waals surface area (Å²) >= 11 is 0. The Hall–Kier alpha value is -6.97. The highest BCUT2D eigenvalue weighted by Crippen LogP contribution is 2.48. The first kappa shape index (κ1) is 27.8. The minimum atomic E-state index is 1.15. The summed E-state index contributed by atoms with van der Waals surface area (Å²) in [6.45, 7) is 0. The van der Waals surface area contributed by atoms with Crippen molar-refractivity contribution in [2.45, 2.75) is 0 Å². The number of para-hydroxylation sites is 2. The summed E-state index contributed by atoms with van der Waals surface area (Å²) in [7, 11) is 0. The van der Waals surface area contributed by atoms with E-state index < -0.39 is 0 Å². The summed E-state index contributed by atoms with van der Waals surface area (Å²) in [4.78, 5) is 4.67. The van der Waals surface area contributed by atoms with Crippen molar-refractivity contribution in [2.75, 3.05) is 0 Å². The first-order valence-electron chi connectivity index (χ1n) is 17.9. The van der Waals surface area contributed by atoms with Crippen LogP contribution >= 0.6 is 0 Å². The highest BCUT2D eigenvalue weighted by Gasteiger charge is 2.24. The van der Waals surface area contributed by atoms with Crippen LogP contribution in [0, 0.1) is 0 Å². The summed E-state index contributed by atoms with van der Waals surface area (Å²) < 4.78 is 4.86. The molecule has 0 saturated heterocycles. The topological polar surface area (TPSA) is 22.8 Å². The van der Waals surface area contributed by atoms with Crippen LogP contribution in [0.3, 0.4) is 0 Å². The van der Waals surface area contributed by atoms with E-state index in [1.807, 2.05) is 12.4 Å². The van der Waals surface area contributed by atoms with Gasteiger partial charge in [-0.15, -0.1) is 0 Å². The maximum atomic E-state index is 4.67. The molecule has 0 N–H and O–H groups in total. The van der Waals surface area contributed by atoms with Crippen LogP contribution in [0.5, 0.6) is 0 Å². The predicted molar refractivity (Wildman–Crippen MR) is 218 cm³/mol. The highest BCUT2D eigenvalue weighted by molar-refractivity contribution is 6.20. The summed E-state index contributed by atoms with van der Waals surface area (Å²) in [6.07, 6.45) is 4.02. The minimum absolute atomic E-state index is 1.15. The summed E-state index contributed by atoms with van der Waals surface area (Å²) in [6, 6.07) is 60.2. The molecule has 0 radical (unpaired) electrons. The zero-order valence-electron chi connectivity index (χ0n) is 28.1. The molecule has 52 heavy (non-hydrogen) atoms. The lowest BCUT2D eigenvalue weighted by molar-refractivity contribution is 1.18. The van der Waals surface area contributed by atoms with Crippen molar-refractivity contribution in [1.29, 1.82) is 0 Å². The summed E-state index contributed by atoms with van der Waals surface area (Å²) in [5, 5.41) is 9.98. The van der Waals surface area contributed by atoms with E-state index in [0.717, 1.165) is 5.69 Å². The second-order valence-electron chi connectivity index (χ2n) is 14.0. The number of fused-ring (bicyclic) bond motifs is 11. The van der Waals surface area contributed by atoms with Gasteiger partial charge in [0.2, 0.25) is 0 Å². The van der Waals surface area contributed by atoms with Crippen molar-refractivity contribution >= 4 is 65.2 Å². The van der Waals surface area contributed by atoms with Crippen LogP contribution in [0.4, 0.5) is 0 Å². The quantitative estimate of drug-likeness (QED) is 0.185. The fraction of sp³-hybridized carbons (Fsp3) is 0. The van der Waals surface area contributed by atoms with Crippen molar-refractivity contribution in [2.24, 2.45) is 0 Å². The molecule has 1 aliphatic carbocycles. The van der Waals surface area contributed by atoms with Crippen LogP contribution in [0.1, 0.15) is 0 Å². The number of rotatable bonds is 3. The lowest BCUT2D eigenvalue weighted by atomic mass is 10.00. The number of nitrogens with zero attached hydrogens (tertiary/aromatic N) is 3. The molecule has 12 rings (SSSR count). The van der Waals surface area contributed by atoms with Gasteiger partial charge in [-0.25, -0.2) is 0 Å². The van der Waals surface area contributed by atoms with Crippen LogP contribution in [-0.4, -0.2) is 14.1 Å². The Labute approximate surface area is 299 Å². The monoisotopic (exact) mass is 659 g/mol. The van der Waals surface area contributed by atoms with Crippen LogP contribution in [-0.2, 0) is 0 Å². The lowest BCUT2D eigenvalue weighted by Crippen LogP contribution is -1.95. The van der Waals surface area contributed by atoms with E-state index in [9.17, 15) is 0 Å². The molecule has 3 heteroatoms. The second-order valence-corrected chi connectivity index (χ2v) is 14.0. The normalized spacial score (nSPS) is 12.2. The zero-order chi connectivity index (χ0) is 33.9. The van der Waals surface area contributed by atoms with Crippen LogP contribution in [0.2, 0.25) is 0 Å². The van der Waals surface area contributed by atoms with Crippen molar-refractivity contribution in [3.8, 4) is 44.8 Å². The molecular weight excluding hydrogens is 631 g/mol. The Kier molecular flexibility index (Phi) is 5.50. The maximum absolute atomic E-state index is 4.67. The van der Waals surface area contributed by atoms with Gasteiger partial charge in [-0.2, -0.15) is 0 Å². The molecule has 0 atom stereocenters. The Morgan fingerprint density at radius 3 is 1.83 bits per heavy atom. The van der Waals surface area contributed by atoms with Gasteiger partial charge in [-0.3, -0.25) is 4.98 Å². The van der Waals surface area contributed by atoms with Crippen molar-refractivity contribution in [3.05, 3.63) is 176 Å². The summed E-state index contributed by atoms with van der Waals surface area (Å²) in [5.74, 6) is 0. The molecule has 3 nitrogen and oxygen atoms in total. The number of aromatic nitrogens is 3. The van der Waals surface area contributed by atoms with Gasteiger partial charge in [0.15, 0.2) is 0 Å². The van der Waals surface area contributed by atoms with Gasteiger partial charge in [-0.1, -0.05) is 109 Å². The number of benzene rings is 8. The van der Waals surface area contributed by atoms with E-state index in [2.05, 4.69) is 178 Å². The zero-order valence-corrected chi connectivity index (χ0v) is 28.1. The molecule has 3 heterocycles. The number of hydrogen-bond donors (Lipinski definition) is 0. The van der Waals surface area contributed by atoms with E-state index in [1.54, 1.807) is 0 Å². The third kappa shape index (κ3) is 3.72. The van der Waals surface area contributed by atoms with E-state index in [-0.39, 0.29) is 0 Å². The van der Waals surface area contributed by atoms with Gasteiger partial charge in [0, 0.05) is 67.0 Å². The van der Waals surface area contributed by atoms with Gasteiger partial charge in [0.05, 0.1) is 22.1 Å². The van der Waals surface area contributed by atoms with Gasteiger partial charge in [-0.05, 0) is 87.8 Å². The largest absolute Gasteiger partial charge is 0.309 e. The van der Waals surface area contributed by atoms with Crippen molar-refractivity contribution in [3.63, 3.8) is 0 Å². The molecule has 11 aromatic rings. The Bertz CT molecular complexity index is 3290. The Morgan fingerprint density at radius 1 is 0.346 bits per heavy atom. The second kappa shape index (κ2) is 10.3. The average molecular weight is 660 g/mol. The molecular formula is C49H29N3. The SMILES string of the molecule is c1ccc(-n2c3ccc(-c4ccc5c(c4)c4ccccc4n5-c4cc5c6c(cncc6c4)-c4ccccc4-5)cc3c3ccc4ccccc4c32)cc1. The third-order valence-electron chi connectivity index (χ3n) is 11.3. The Morgan fingerprint density at radius 2 is 1.00 bits per heavy atom. The van der Waals surface area contributed by atoms with Gasteiger partial charge in [0.25, 0.3) is 0 Å². The molecule has 8 aromatic carbocycles. The average Bonchev–Trinajstić information content (AvgIpc) is 3.84. The maximum Gasteiger partial charge on any atom is 0.0619 e. The van der Waals surface area contributed by atoms with Crippen LogP contribution < -0.4 is 0 Å². The first-order chi connectivity index (χ1) is 25.8. The van der Waals surface area contributed by atoms with Crippen molar-refractivity contribution < 1.29 is 0 Å². The van der Waals surface area contributed by atoms with Gasteiger partial charge >= 0.3 is 0 Å². The fourth-order valence-corrected chi connectivity index (χ4v) is 9.04. The van der Waals surface area contributed by atoms with E-state index in [1.165, 1.54) is 104 Å². The summed E-state index contributed by atoms with van der Waals surface area (Å²) in [5.41, 5.74) is 14.6. The molecule has 0 amide bonds. The molecule has 3 aromatic heterocycles. The minimum Gasteiger partial charge on any atom is -0.309 e. The smallest absolute Gasteiger partial charge is 0.0619 e. The third-order valence-corrected chi connectivity index (χ3v) is 11.3. The molecule has 0 saturated carbocycles. The van der Waals surface area contributed by atoms with Crippen molar-refractivity contribution in [1.82, 2.24) is 14.1 Å². The molecule has 0 bridgehead atoms. The highest BCUT2D eigenvalue weighted by atomic mass is 15.0.